The molecular formula is C13H15Br2F2N5. The van der Waals surface area contributed by atoms with Crippen LogP contribution in [-0.4, -0.2) is 35.8 Å². The molecule has 0 saturated carbocycles. The number of nitrogens with zero attached hydrogens (tertiary/aromatic N) is 3. The van der Waals surface area contributed by atoms with Gasteiger partial charge in [0.1, 0.15) is 0 Å². The first-order valence-electron chi connectivity index (χ1n) is 6.53. The Morgan fingerprint density at radius 2 is 1.77 bits per heavy atom. The van der Waals surface area contributed by atoms with Gasteiger partial charge in [0.25, 0.3) is 5.92 Å². The Labute approximate surface area is 143 Å². The summed E-state index contributed by atoms with van der Waals surface area (Å²) < 4.78 is 27.9. The van der Waals surface area contributed by atoms with Gasteiger partial charge in [0, 0.05) is 34.9 Å². The number of benzene rings is 1. The van der Waals surface area contributed by atoms with Crippen LogP contribution >= 0.6 is 31.9 Å². The Balaban J connectivity index is 2.07. The highest BCUT2D eigenvalue weighted by atomic mass is 79.9. The molecule has 1 aromatic rings. The molecule has 1 saturated heterocycles. The SMILES string of the molecule is NC(=Nc1ccc(Br)c(Br)c1)N=C(N)N1CCC(F)(F)CC1. The maximum atomic E-state index is 13.1. The van der Waals surface area contributed by atoms with Crippen LogP contribution in [-0.2, 0) is 0 Å². The van der Waals surface area contributed by atoms with Crippen molar-refractivity contribution in [2.45, 2.75) is 18.8 Å². The molecule has 120 valence electrons. The third kappa shape index (κ3) is 4.64. The van der Waals surface area contributed by atoms with E-state index >= 15 is 0 Å². The summed E-state index contributed by atoms with van der Waals surface area (Å²) in [5.41, 5.74) is 12.1. The van der Waals surface area contributed by atoms with E-state index in [0.717, 1.165) is 8.95 Å². The predicted octanol–water partition coefficient (Wildman–Crippen LogP) is 3.20. The molecule has 0 spiro atoms. The summed E-state index contributed by atoms with van der Waals surface area (Å²) in [5.74, 6) is -2.54. The molecule has 4 N–H and O–H groups in total. The topological polar surface area (TPSA) is 80.0 Å². The average molecular weight is 439 g/mol. The Morgan fingerprint density at radius 1 is 1.14 bits per heavy atom. The highest BCUT2D eigenvalue weighted by Crippen LogP contribution is 2.28. The number of rotatable bonds is 1. The lowest BCUT2D eigenvalue weighted by Crippen LogP contribution is -2.46. The van der Waals surface area contributed by atoms with E-state index in [-0.39, 0.29) is 37.9 Å². The van der Waals surface area contributed by atoms with Crippen molar-refractivity contribution >= 4 is 49.5 Å². The number of piperidine rings is 1. The van der Waals surface area contributed by atoms with E-state index in [4.69, 9.17) is 11.5 Å². The van der Waals surface area contributed by atoms with Crippen LogP contribution in [0.1, 0.15) is 12.8 Å². The number of hydrogen-bond acceptors (Lipinski definition) is 1. The lowest BCUT2D eigenvalue weighted by molar-refractivity contribution is -0.0435. The summed E-state index contributed by atoms with van der Waals surface area (Å²) in [7, 11) is 0. The van der Waals surface area contributed by atoms with Gasteiger partial charge in [-0.25, -0.2) is 13.8 Å². The lowest BCUT2D eigenvalue weighted by Gasteiger charge is -2.32. The van der Waals surface area contributed by atoms with Crippen molar-refractivity contribution in [2.24, 2.45) is 21.5 Å². The second kappa shape index (κ2) is 6.91. The normalized spacial score (nSPS) is 19.4. The third-order valence-electron chi connectivity index (χ3n) is 3.19. The molecule has 1 aromatic carbocycles. The number of likely N-dealkylation sites (tertiary alicyclic amines) is 1. The van der Waals surface area contributed by atoms with Crippen molar-refractivity contribution in [3.05, 3.63) is 27.1 Å². The van der Waals surface area contributed by atoms with Gasteiger partial charge in [0.2, 0.25) is 5.96 Å². The molecule has 2 rings (SSSR count). The van der Waals surface area contributed by atoms with Crippen LogP contribution in [0.15, 0.2) is 37.1 Å². The van der Waals surface area contributed by atoms with E-state index in [2.05, 4.69) is 41.8 Å². The zero-order chi connectivity index (χ0) is 16.3. The molecule has 0 aromatic heterocycles. The minimum absolute atomic E-state index is 0.0240. The van der Waals surface area contributed by atoms with Crippen molar-refractivity contribution in [3.8, 4) is 0 Å². The number of aliphatic imine (C=N–C) groups is 2. The lowest BCUT2D eigenvalue weighted by atomic mass is 10.1. The maximum Gasteiger partial charge on any atom is 0.251 e. The Bertz CT molecular complexity index is 608. The molecule has 0 amide bonds. The van der Waals surface area contributed by atoms with Crippen LogP contribution in [0.5, 0.6) is 0 Å². The van der Waals surface area contributed by atoms with E-state index in [1.165, 1.54) is 0 Å². The van der Waals surface area contributed by atoms with E-state index in [0.29, 0.717) is 5.69 Å². The minimum atomic E-state index is -2.62. The largest absolute Gasteiger partial charge is 0.369 e. The third-order valence-corrected chi connectivity index (χ3v) is 5.07. The molecule has 1 aliphatic rings. The molecule has 1 aliphatic heterocycles. The summed E-state index contributed by atoms with van der Waals surface area (Å²) >= 11 is 6.72. The first-order valence-corrected chi connectivity index (χ1v) is 8.11. The zero-order valence-electron chi connectivity index (χ0n) is 11.6. The summed E-state index contributed by atoms with van der Waals surface area (Å²) in [6, 6.07) is 5.34. The van der Waals surface area contributed by atoms with Gasteiger partial charge in [-0.3, -0.25) is 0 Å². The molecule has 0 atom stereocenters. The smallest absolute Gasteiger partial charge is 0.251 e. The van der Waals surface area contributed by atoms with Gasteiger partial charge in [-0.15, -0.1) is 0 Å². The number of nitrogens with two attached hydrogens (primary N) is 2. The molecule has 0 bridgehead atoms. The summed E-state index contributed by atoms with van der Waals surface area (Å²) in [6.07, 6.45) is -0.472. The second-order valence-corrected chi connectivity index (χ2v) is 6.59. The van der Waals surface area contributed by atoms with Crippen LogP contribution < -0.4 is 11.5 Å². The zero-order valence-corrected chi connectivity index (χ0v) is 14.7. The predicted molar refractivity (Wildman–Crippen MR) is 90.5 cm³/mol. The maximum absolute atomic E-state index is 13.1. The van der Waals surface area contributed by atoms with Gasteiger partial charge in [-0.05, 0) is 50.1 Å². The van der Waals surface area contributed by atoms with Gasteiger partial charge >= 0.3 is 0 Å². The highest BCUT2D eigenvalue weighted by molar-refractivity contribution is 9.13. The molecule has 0 unspecified atom stereocenters. The monoisotopic (exact) mass is 437 g/mol. The second-order valence-electron chi connectivity index (χ2n) is 4.88. The van der Waals surface area contributed by atoms with Crippen LogP contribution in [0.4, 0.5) is 14.5 Å². The standard InChI is InChI=1S/C13H15Br2F2N5/c14-9-2-1-8(7-10(9)15)20-11(18)21-12(19)22-5-3-13(16,17)4-6-22/h1-2,7H,3-6H2,(H4,18,19,20,21). The van der Waals surface area contributed by atoms with Crippen molar-refractivity contribution < 1.29 is 8.78 Å². The fourth-order valence-electron chi connectivity index (χ4n) is 1.96. The number of guanidine groups is 2. The van der Waals surface area contributed by atoms with Crippen molar-refractivity contribution in [3.63, 3.8) is 0 Å². The molecule has 1 fully saturated rings. The molecule has 1 heterocycles. The number of halogens is 4. The van der Waals surface area contributed by atoms with E-state index < -0.39 is 5.92 Å². The van der Waals surface area contributed by atoms with Crippen molar-refractivity contribution in [1.82, 2.24) is 4.90 Å². The highest BCUT2D eigenvalue weighted by Gasteiger charge is 2.34. The number of alkyl halides is 2. The first-order chi connectivity index (χ1) is 10.3. The first kappa shape index (κ1) is 17.1. The van der Waals surface area contributed by atoms with Gasteiger partial charge in [0.15, 0.2) is 5.96 Å². The van der Waals surface area contributed by atoms with Crippen LogP contribution in [0.3, 0.4) is 0 Å². The van der Waals surface area contributed by atoms with Crippen LogP contribution in [0.25, 0.3) is 0 Å². The van der Waals surface area contributed by atoms with E-state index in [1.54, 1.807) is 17.0 Å². The Morgan fingerprint density at radius 3 is 2.36 bits per heavy atom. The van der Waals surface area contributed by atoms with Crippen molar-refractivity contribution in [2.75, 3.05) is 13.1 Å². The van der Waals surface area contributed by atoms with E-state index in [1.807, 2.05) is 6.07 Å². The van der Waals surface area contributed by atoms with Gasteiger partial charge in [0.05, 0.1) is 5.69 Å². The Hall–Kier alpha value is -1.22. The van der Waals surface area contributed by atoms with Crippen LogP contribution in [0, 0.1) is 0 Å². The summed E-state index contributed by atoms with van der Waals surface area (Å²) in [4.78, 5) is 9.68. The van der Waals surface area contributed by atoms with Crippen LogP contribution in [0.2, 0.25) is 0 Å². The van der Waals surface area contributed by atoms with Crippen molar-refractivity contribution in [1.29, 1.82) is 0 Å². The Kier molecular flexibility index (Phi) is 5.38. The average Bonchev–Trinajstić information content (AvgIpc) is 2.42. The summed E-state index contributed by atoms with van der Waals surface area (Å²) in [6.45, 7) is 0.304. The number of hydrogen-bond donors (Lipinski definition) is 2. The molecule has 5 nitrogen and oxygen atoms in total. The molecule has 0 radical (unpaired) electrons. The molecule has 9 heteroatoms. The molecule has 0 aliphatic carbocycles. The van der Waals surface area contributed by atoms with Gasteiger partial charge in [-0.1, -0.05) is 0 Å². The fourth-order valence-corrected chi connectivity index (χ4v) is 2.58. The van der Waals surface area contributed by atoms with Gasteiger partial charge in [-0.2, -0.15) is 4.99 Å². The van der Waals surface area contributed by atoms with E-state index in [9.17, 15) is 8.78 Å². The fraction of sp³-hybridized carbons (Fsp3) is 0.385. The quantitative estimate of drug-likeness (QED) is 0.521. The molecule has 22 heavy (non-hydrogen) atoms. The van der Waals surface area contributed by atoms with Gasteiger partial charge < -0.3 is 16.4 Å². The molecular weight excluding hydrogens is 424 g/mol. The summed E-state index contributed by atoms with van der Waals surface area (Å²) in [5, 5.41) is 0. The minimum Gasteiger partial charge on any atom is -0.369 e.